The fraction of sp³-hybridized carbons (Fsp3) is 0.357. The van der Waals surface area contributed by atoms with Crippen LogP contribution in [-0.4, -0.2) is 27.4 Å². The molecular weight excluding hydrogens is 276 g/mol. The van der Waals surface area contributed by atoms with Crippen LogP contribution in [-0.2, 0) is 10.0 Å². The van der Waals surface area contributed by atoms with E-state index in [0.29, 0.717) is 27.6 Å². The van der Waals surface area contributed by atoms with Crippen LogP contribution < -0.4 is 9.46 Å². The van der Waals surface area contributed by atoms with E-state index in [1.165, 1.54) is 0 Å². The molecule has 0 saturated heterocycles. The summed E-state index contributed by atoms with van der Waals surface area (Å²) in [5.41, 5.74) is 1.33. The molecule has 1 heterocycles. The highest BCUT2D eigenvalue weighted by Crippen LogP contribution is 2.32. The maximum atomic E-state index is 12.3. The van der Waals surface area contributed by atoms with Crippen molar-refractivity contribution in [3.8, 4) is 5.75 Å². The third-order valence-electron chi connectivity index (χ3n) is 3.41. The molecule has 20 heavy (non-hydrogen) atoms. The second kappa shape index (κ2) is 4.63. The topological polar surface area (TPSA) is 67.8 Å². The molecule has 2 aliphatic rings. The van der Waals surface area contributed by atoms with E-state index < -0.39 is 10.0 Å². The zero-order chi connectivity index (χ0) is 14.3. The molecule has 1 aliphatic carbocycles. The predicted molar refractivity (Wildman–Crippen MR) is 78.1 cm³/mol. The minimum atomic E-state index is -3.52. The summed E-state index contributed by atoms with van der Waals surface area (Å²) in [6.07, 6.45) is 2.08. The largest absolute Gasteiger partial charge is 0.497 e. The average molecular weight is 292 g/mol. The van der Waals surface area contributed by atoms with Crippen molar-refractivity contribution >= 4 is 20.8 Å². The second-order valence-corrected chi connectivity index (χ2v) is 6.62. The smallest absolute Gasteiger partial charge is 0.264 e. The number of hydrogen-bond acceptors (Lipinski definition) is 4. The van der Waals surface area contributed by atoms with Gasteiger partial charge in [0.1, 0.15) is 16.5 Å². The van der Waals surface area contributed by atoms with E-state index in [4.69, 9.17) is 4.74 Å². The third-order valence-corrected chi connectivity index (χ3v) is 4.95. The summed E-state index contributed by atoms with van der Waals surface area (Å²) in [5, 5.41) is 0. The van der Waals surface area contributed by atoms with Crippen LogP contribution in [0.3, 0.4) is 0 Å². The van der Waals surface area contributed by atoms with Crippen LogP contribution in [0.15, 0.2) is 34.8 Å². The van der Waals surface area contributed by atoms with Crippen LogP contribution in [0.2, 0.25) is 0 Å². The van der Waals surface area contributed by atoms with Gasteiger partial charge in [0, 0.05) is 5.57 Å². The summed E-state index contributed by atoms with van der Waals surface area (Å²) < 4.78 is 32.1. The van der Waals surface area contributed by atoms with E-state index in [1.807, 2.05) is 0 Å². The quantitative estimate of drug-likeness (QED) is 0.925. The van der Waals surface area contributed by atoms with E-state index in [1.54, 1.807) is 38.3 Å². The lowest BCUT2D eigenvalue weighted by Gasteiger charge is -2.04. The molecule has 0 radical (unpaired) electrons. The van der Waals surface area contributed by atoms with Gasteiger partial charge in [0.25, 0.3) is 10.0 Å². The second-order valence-electron chi connectivity index (χ2n) is 5.00. The molecule has 1 aromatic carbocycles. The minimum absolute atomic E-state index is 0.276. The Balaban J connectivity index is 2.05. The first-order chi connectivity index (χ1) is 9.51. The van der Waals surface area contributed by atoms with Crippen molar-refractivity contribution in [2.75, 3.05) is 7.11 Å². The van der Waals surface area contributed by atoms with Gasteiger partial charge in [-0.2, -0.15) is 0 Å². The monoisotopic (exact) mass is 292 g/mol. The van der Waals surface area contributed by atoms with Crippen molar-refractivity contribution in [2.24, 2.45) is 4.99 Å². The van der Waals surface area contributed by atoms with E-state index in [9.17, 15) is 8.42 Å². The first-order valence-electron chi connectivity index (χ1n) is 6.47. The lowest BCUT2D eigenvalue weighted by molar-refractivity contribution is 0.415. The Labute approximate surface area is 118 Å². The van der Waals surface area contributed by atoms with Crippen molar-refractivity contribution in [3.05, 3.63) is 35.4 Å². The zero-order valence-corrected chi connectivity index (χ0v) is 12.2. The van der Waals surface area contributed by atoms with Crippen LogP contribution in [0.4, 0.5) is 0 Å². The SMILES string of the molecule is COc1ccc(C2=C(C)C(=NC3CC3)NS2(=O)=O)cc1. The molecule has 6 heteroatoms. The zero-order valence-electron chi connectivity index (χ0n) is 11.4. The van der Waals surface area contributed by atoms with E-state index in [-0.39, 0.29) is 6.04 Å². The molecule has 1 aromatic rings. The lowest BCUT2D eigenvalue weighted by atomic mass is 10.1. The first kappa shape index (κ1) is 13.2. The molecule has 1 aliphatic heterocycles. The Morgan fingerprint density at radius 1 is 1.25 bits per heavy atom. The van der Waals surface area contributed by atoms with Gasteiger partial charge in [0.2, 0.25) is 0 Å². The molecule has 3 rings (SSSR count). The van der Waals surface area contributed by atoms with Gasteiger partial charge in [-0.15, -0.1) is 0 Å². The van der Waals surface area contributed by atoms with E-state index in [0.717, 1.165) is 12.8 Å². The summed E-state index contributed by atoms with van der Waals surface area (Å²) in [6, 6.07) is 7.27. The average Bonchev–Trinajstić information content (AvgIpc) is 3.18. The van der Waals surface area contributed by atoms with Gasteiger partial charge in [-0.3, -0.25) is 9.71 Å². The molecule has 1 N–H and O–H groups in total. The maximum absolute atomic E-state index is 12.3. The summed E-state index contributed by atoms with van der Waals surface area (Å²) in [7, 11) is -1.94. The highest BCUT2D eigenvalue weighted by Gasteiger charge is 2.34. The van der Waals surface area contributed by atoms with E-state index >= 15 is 0 Å². The Morgan fingerprint density at radius 2 is 1.90 bits per heavy atom. The molecular formula is C14H16N2O3S. The molecule has 106 valence electrons. The van der Waals surface area contributed by atoms with Crippen LogP contribution in [0.5, 0.6) is 5.75 Å². The van der Waals surface area contributed by atoms with Crippen LogP contribution in [0, 0.1) is 0 Å². The third kappa shape index (κ3) is 2.31. The van der Waals surface area contributed by atoms with Crippen molar-refractivity contribution in [1.29, 1.82) is 0 Å². The Bertz CT molecular complexity index is 698. The van der Waals surface area contributed by atoms with Crippen LogP contribution >= 0.6 is 0 Å². The van der Waals surface area contributed by atoms with Crippen molar-refractivity contribution < 1.29 is 13.2 Å². The number of benzene rings is 1. The number of ether oxygens (including phenoxy) is 1. The Morgan fingerprint density at radius 3 is 2.45 bits per heavy atom. The number of aliphatic imine (C=N–C) groups is 1. The number of sulfonamides is 1. The Kier molecular flexibility index (Phi) is 3.05. The maximum Gasteiger partial charge on any atom is 0.264 e. The fourth-order valence-corrected chi connectivity index (χ4v) is 3.70. The standard InChI is InChI=1S/C14H16N2O3S/c1-9-13(10-3-7-12(19-2)8-4-10)20(17,18)16-14(9)15-11-5-6-11/h3-4,7-8,11H,5-6H2,1-2H3,(H,15,16). The molecule has 0 amide bonds. The van der Waals surface area contributed by atoms with Crippen molar-refractivity contribution in [1.82, 2.24) is 4.72 Å². The molecule has 1 saturated carbocycles. The van der Waals surface area contributed by atoms with Crippen LogP contribution in [0.1, 0.15) is 25.3 Å². The molecule has 0 aromatic heterocycles. The minimum Gasteiger partial charge on any atom is -0.497 e. The highest BCUT2D eigenvalue weighted by atomic mass is 32.2. The molecule has 0 bridgehead atoms. The summed E-state index contributed by atoms with van der Waals surface area (Å²) in [6.45, 7) is 1.79. The summed E-state index contributed by atoms with van der Waals surface area (Å²) >= 11 is 0. The number of hydrogen-bond donors (Lipinski definition) is 1. The molecule has 0 atom stereocenters. The van der Waals surface area contributed by atoms with Gasteiger partial charge in [0.15, 0.2) is 0 Å². The van der Waals surface area contributed by atoms with Gasteiger partial charge in [-0.1, -0.05) is 0 Å². The number of amidine groups is 1. The molecule has 0 spiro atoms. The van der Waals surface area contributed by atoms with Gasteiger partial charge < -0.3 is 4.74 Å². The van der Waals surface area contributed by atoms with E-state index in [2.05, 4.69) is 9.71 Å². The predicted octanol–water partition coefficient (Wildman–Crippen LogP) is 1.92. The Hall–Kier alpha value is -1.82. The van der Waals surface area contributed by atoms with Gasteiger partial charge in [0.05, 0.1) is 13.2 Å². The summed E-state index contributed by atoms with van der Waals surface area (Å²) in [4.78, 5) is 4.72. The van der Waals surface area contributed by atoms with Gasteiger partial charge >= 0.3 is 0 Å². The molecule has 1 fully saturated rings. The normalized spacial score (nSPS) is 23.0. The number of methoxy groups -OCH3 is 1. The number of nitrogens with zero attached hydrogens (tertiary/aromatic N) is 1. The van der Waals surface area contributed by atoms with Crippen molar-refractivity contribution in [2.45, 2.75) is 25.8 Å². The van der Waals surface area contributed by atoms with Gasteiger partial charge in [-0.25, -0.2) is 8.42 Å². The fourth-order valence-electron chi connectivity index (χ4n) is 2.19. The molecule has 0 unspecified atom stereocenters. The highest BCUT2D eigenvalue weighted by molar-refractivity contribution is 8.00. The number of rotatable bonds is 3. The molecule has 5 nitrogen and oxygen atoms in total. The van der Waals surface area contributed by atoms with Crippen LogP contribution in [0.25, 0.3) is 4.91 Å². The lowest BCUT2D eigenvalue weighted by Crippen LogP contribution is -2.23. The van der Waals surface area contributed by atoms with Gasteiger partial charge in [-0.05, 0) is 49.6 Å². The summed E-state index contributed by atoms with van der Waals surface area (Å²) in [5.74, 6) is 1.18. The number of nitrogens with one attached hydrogen (secondary N) is 1. The van der Waals surface area contributed by atoms with Crippen molar-refractivity contribution in [3.63, 3.8) is 0 Å². The first-order valence-corrected chi connectivity index (χ1v) is 7.96.